The number of anilines is 1. The average Bonchev–Trinajstić information content (AvgIpc) is 2.79. The molecule has 4 aromatic rings. The monoisotopic (exact) mass is 432 g/mol. The van der Waals surface area contributed by atoms with Crippen LogP contribution in [0.4, 0.5) is 5.69 Å². The molecule has 3 aromatic carbocycles. The van der Waals surface area contributed by atoms with E-state index in [0.717, 1.165) is 22.0 Å². The van der Waals surface area contributed by atoms with Gasteiger partial charge >= 0.3 is 0 Å². The van der Waals surface area contributed by atoms with Gasteiger partial charge in [0.1, 0.15) is 0 Å². The Hall–Kier alpha value is -3.57. The van der Waals surface area contributed by atoms with Crippen LogP contribution >= 0.6 is 11.6 Å². The number of aryl methyl sites for hydroxylation is 1. The van der Waals surface area contributed by atoms with Crippen molar-refractivity contribution in [3.05, 3.63) is 82.9 Å². The van der Waals surface area contributed by atoms with E-state index >= 15 is 0 Å². The summed E-state index contributed by atoms with van der Waals surface area (Å²) < 4.78 is 10.7. The van der Waals surface area contributed by atoms with Crippen molar-refractivity contribution in [1.29, 1.82) is 0 Å². The van der Waals surface area contributed by atoms with Gasteiger partial charge in [-0.05, 0) is 42.8 Å². The first-order valence-corrected chi connectivity index (χ1v) is 10.1. The normalized spacial score (nSPS) is 10.7. The van der Waals surface area contributed by atoms with Crippen molar-refractivity contribution >= 4 is 34.1 Å². The fourth-order valence-electron chi connectivity index (χ4n) is 3.44. The summed E-state index contributed by atoms with van der Waals surface area (Å²) in [6, 6.07) is 20.4. The van der Waals surface area contributed by atoms with Crippen molar-refractivity contribution in [3.8, 4) is 22.8 Å². The second-order valence-corrected chi connectivity index (χ2v) is 7.49. The highest BCUT2D eigenvalue weighted by molar-refractivity contribution is 6.30. The number of ether oxygens (including phenoxy) is 2. The molecule has 0 saturated carbocycles. The molecule has 0 radical (unpaired) electrons. The van der Waals surface area contributed by atoms with Crippen LogP contribution in [0.25, 0.3) is 22.2 Å². The quantitative estimate of drug-likeness (QED) is 0.412. The number of methoxy groups -OCH3 is 2. The third-order valence-electron chi connectivity index (χ3n) is 5.08. The minimum Gasteiger partial charge on any atom is -0.493 e. The van der Waals surface area contributed by atoms with E-state index in [2.05, 4.69) is 5.32 Å². The topological polar surface area (TPSA) is 60.5 Å². The number of para-hydroxylation sites is 1. The number of amides is 1. The molecule has 5 nitrogen and oxygen atoms in total. The van der Waals surface area contributed by atoms with E-state index in [-0.39, 0.29) is 5.91 Å². The van der Waals surface area contributed by atoms with Crippen LogP contribution in [0.2, 0.25) is 5.02 Å². The molecule has 0 aliphatic heterocycles. The van der Waals surface area contributed by atoms with E-state index in [4.69, 9.17) is 26.1 Å². The minimum absolute atomic E-state index is 0.232. The lowest BCUT2D eigenvalue weighted by atomic mass is 10.0. The van der Waals surface area contributed by atoms with Gasteiger partial charge in [-0.3, -0.25) is 4.79 Å². The summed E-state index contributed by atoms with van der Waals surface area (Å²) in [5.74, 6) is 0.923. The van der Waals surface area contributed by atoms with Crippen molar-refractivity contribution in [2.45, 2.75) is 6.92 Å². The number of halogens is 1. The van der Waals surface area contributed by atoms with Crippen LogP contribution < -0.4 is 14.8 Å². The van der Waals surface area contributed by atoms with Crippen LogP contribution in [0.15, 0.2) is 66.7 Å². The smallest absolute Gasteiger partial charge is 0.256 e. The van der Waals surface area contributed by atoms with Gasteiger partial charge in [0.15, 0.2) is 11.5 Å². The molecule has 0 fully saturated rings. The Balaban J connectivity index is 1.78. The SMILES string of the molecule is COc1cc(C)c(NC(=O)c2cc(-c3ccc(Cl)cc3)nc3ccccc23)cc1OC. The van der Waals surface area contributed by atoms with Gasteiger partial charge in [-0.25, -0.2) is 4.98 Å². The molecule has 0 atom stereocenters. The molecule has 6 heteroatoms. The van der Waals surface area contributed by atoms with Crippen LogP contribution in [0.1, 0.15) is 15.9 Å². The summed E-state index contributed by atoms with van der Waals surface area (Å²) in [6.07, 6.45) is 0. The lowest BCUT2D eigenvalue weighted by Crippen LogP contribution is -2.14. The predicted molar refractivity (Wildman–Crippen MR) is 124 cm³/mol. The molecule has 1 amide bonds. The molecule has 31 heavy (non-hydrogen) atoms. The Labute approximate surface area is 185 Å². The van der Waals surface area contributed by atoms with E-state index in [0.29, 0.717) is 33.5 Å². The van der Waals surface area contributed by atoms with Gasteiger partial charge in [0.2, 0.25) is 0 Å². The Morgan fingerprint density at radius 2 is 1.61 bits per heavy atom. The molecule has 4 rings (SSSR count). The first-order chi connectivity index (χ1) is 15.0. The number of aromatic nitrogens is 1. The van der Waals surface area contributed by atoms with Gasteiger partial charge in [-0.1, -0.05) is 41.9 Å². The van der Waals surface area contributed by atoms with Gasteiger partial charge in [-0.15, -0.1) is 0 Å². The molecular formula is C25H21ClN2O3. The van der Waals surface area contributed by atoms with E-state index in [1.54, 1.807) is 38.5 Å². The van der Waals surface area contributed by atoms with Crippen molar-refractivity contribution in [2.24, 2.45) is 0 Å². The van der Waals surface area contributed by atoms with Gasteiger partial charge in [0.05, 0.1) is 31.0 Å². The second-order valence-electron chi connectivity index (χ2n) is 7.06. The van der Waals surface area contributed by atoms with Crippen LogP contribution in [0.5, 0.6) is 11.5 Å². The van der Waals surface area contributed by atoms with Crippen molar-refractivity contribution in [2.75, 3.05) is 19.5 Å². The number of nitrogens with one attached hydrogen (secondary N) is 1. The first-order valence-electron chi connectivity index (χ1n) is 9.70. The maximum Gasteiger partial charge on any atom is 0.256 e. The second kappa shape index (κ2) is 8.66. The number of carbonyl (C=O) groups excluding carboxylic acids is 1. The zero-order valence-electron chi connectivity index (χ0n) is 17.4. The molecule has 156 valence electrons. The number of hydrogen-bond acceptors (Lipinski definition) is 4. The zero-order chi connectivity index (χ0) is 22.0. The summed E-state index contributed by atoms with van der Waals surface area (Å²) in [6.45, 7) is 1.90. The van der Waals surface area contributed by atoms with Gasteiger partial charge in [0, 0.05) is 27.7 Å². The Morgan fingerprint density at radius 3 is 2.32 bits per heavy atom. The predicted octanol–water partition coefficient (Wildman–Crippen LogP) is 6.13. The highest BCUT2D eigenvalue weighted by Gasteiger charge is 2.16. The summed E-state index contributed by atoms with van der Waals surface area (Å²) in [4.78, 5) is 18.1. The summed E-state index contributed by atoms with van der Waals surface area (Å²) in [5, 5.41) is 4.43. The van der Waals surface area contributed by atoms with E-state index in [1.165, 1.54) is 0 Å². The Morgan fingerprint density at radius 1 is 0.935 bits per heavy atom. The molecule has 0 bridgehead atoms. The molecule has 0 spiro atoms. The fourth-order valence-corrected chi connectivity index (χ4v) is 3.56. The highest BCUT2D eigenvalue weighted by Crippen LogP contribution is 2.33. The largest absolute Gasteiger partial charge is 0.493 e. The molecule has 0 aliphatic carbocycles. The van der Waals surface area contributed by atoms with Crippen molar-refractivity contribution in [3.63, 3.8) is 0 Å². The first kappa shape index (κ1) is 20.7. The molecular weight excluding hydrogens is 412 g/mol. The van der Waals surface area contributed by atoms with Gasteiger partial charge < -0.3 is 14.8 Å². The Kier molecular flexibility index (Phi) is 5.78. The standard InChI is InChI=1S/C25H21ClN2O3/c1-15-12-23(30-2)24(31-3)14-21(15)28-25(29)19-13-22(16-8-10-17(26)11-9-16)27-20-7-5-4-6-18(19)20/h4-14H,1-3H3,(H,28,29). The number of pyridine rings is 1. The number of fused-ring (bicyclic) bond motifs is 1. The summed E-state index contributed by atoms with van der Waals surface area (Å²) >= 11 is 6.02. The lowest BCUT2D eigenvalue weighted by Gasteiger charge is -2.15. The van der Waals surface area contributed by atoms with Crippen LogP contribution in [0, 0.1) is 6.92 Å². The molecule has 0 saturated heterocycles. The maximum atomic E-state index is 13.3. The molecule has 0 unspecified atom stereocenters. The van der Waals surface area contributed by atoms with Crippen molar-refractivity contribution in [1.82, 2.24) is 4.98 Å². The van der Waals surface area contributed by atoms with E-state index in [9.17, 15) is 4.79 Å². The third-order valence-corrected chi connectivity index (χ3v) is 5.33. The maximum absolute atomic E-state index is 13.3. The number of benzene rings is 3. The zero-order valence-corrected chi connectivity index (χ0v) is 18.2. The Bertz CT molecular complexity index is 1270. The average molecular weight is 433 g/mol. The van der Waals surface area contributed by atoms with Gasteiger partial charge in [-0.2, -0.15) is 0 Å². The van der Waals surface area contributed by atoms with Crippen LogP contribution in [-0.4, -0.2) is 25.1 Å². The molecule has 1 N–H and O–H groups in total. The van der Waals surface area contributed by atoms with E-state index in [1.807, 2.05) is 49.4 Å². The number of carbonyl (C=O) groups is 1. The third kappa shape index (κ3) is 4.18. The molecule has 1 heterocycles. The minimum atomic E-state index is -0.232. The fraction of sp³-hybridized carbons (Fsp3) is 0.120. The summed E-state index contributed by atoms with van der Waals surface area (Å²) in [5.41, 5.74) is 4.36. The van der Waals surface area contributed by atoms with Gasteiger partial charge in [0.25, 0.3) is 5.91 Å². The number of hydrogen-bond donors (Lipinski definition) is 1. The lowest BCUT2D eigenvalue weighted by molar-refractivity contribution is 0.102. The number of rotatable bonds is 5. The summed E-state index contributed by atoms with van der Waals surface area (Å²) in [7, 11) is 3.14. The van der Waals surface area contributed by atoms with E-state index < -0.39 is 0 Å². The molecule has 0 aliphatic rings. The molecule has 1 aromatic heterocycles. The van der Waals surface area contributed by atoms with Crippen molar-refractivity contribution < 1.29 is 14.3 Å². The number of nitrogens with zero attached hydrogens (tertiary/aromatic N) is 1. The van der Waals surface area contributed by atoms with Crippen LogP contribution in [-0.2, 0) is 0 Å². The highest BCUT2D eigenvalue weighted by atomic mass is 35.5. The van der Waals surface area contributed by atoms with Crippen LogP contribution in [0.3, 0.4) is 0 Å².